The van der Waals surface area contributed by atoms with Crippen LogP contribution in [0, 0.1) is 17.0 Å². The van der Waals surface area contributed by atoms with Crippen LogP contribution in [0.1, 0.15) is 24.8 Å². The van der Waals surface area contributed by atoms with Crippen LogP contribution in [0.4, 0.5) is 5.69 Å². The molecule has 1 aromatic rings. The first kappa shape index (κ1) is 16.4. The van der Waals surface area contributed by atoms with E-state index in [1.807, 2.05) is 0 Å². The molecule has 0 bridgehead atoms. The molecule has 2 aliphatic rings. The van der Waals surface area contributed by atoms with Crippen molar-refractivity contribution in [3.63, 3.8) is 0 Å². The van der Waals surface area contributed by atoms with E-state index in [4.69, 9.17) is 0 Å². The minimum Gasteiger partial charge on any atom is -0.299 e. The second-order valence-corrected chi connectivity index (χ2v) is 8.18. The van der Waals surface area contributed by atoms with Gasteiger partial charge in [0.05, 0.1) is 4.92 Å². The molecule has 2 fully saturated rings. The molecule has 1 aromatic carbocycles. The molecule has 0 unspecified atom stereocenters. The maximum atomic E-state index is 13.0. The summed E-state index contributed by atoms with van der Waals surface area (Å²) >= 11 is 0. The van der Waals surface area contributed by atoms with Gasteiger partial charge in [-0.15, -0.1) is 0 Å². The van der Waals surface area contributed by atoms with Crippen LogP contribution < -0.4 is 0 Å². The number of rotatable bonds is 3. The lowest BCUT2D eigenvalue weighted by Crippen LogP contribution is -2.39. The van der Waals surface area contributed by atoms with Crippen LogP contribution in [-0.4, -0.2) is 54.8 Å². The van der Waals surface area contributed by atoms with Crippen molar-refractivity contribution < 1.29 is 13.3 Å². The largest absolute Gasteiger partial charge is 0.299 e. The Morgan fingerprint density at radius 1 is 1.22 bits per heavy atom. The molecule has 0 aliphatic carbocycles. The predicted molar refractivity (Wildman–Crippen MR) is 85.8 cm³/mol. The van der Waals surface area contributed by atoms with E-state index in [9.17, 15) is 18.5 Å². The molecule has 3 rings (SSSR count). The standard InChI is InChI=1S/C15H21N3O4S/c1-12-5-6-15(14(10-12)18(19)20)23(21,22)17-9-3-8-16-7-2-4-13(16)11-17/h5-6,10,13H,2-4,7-9,11H2,1H3/t13-/m0/s1. The van der Waals surface area contributed by atoms with E-state index in [2.05, 4.69) is 4.90 Å². The van der Waals surface area contributed by atoms with Crippen LogP contribution in [0.15, 0.2) is 23.1 Å². The zero-order valence-corrected chi connectivity index (χ0v) is 14.0. The van der Waals surface area contributed by atoms with Crippen LogP contribution in [-0.2, 0) is 10.0 Å². The summed E-state index contributed by atoms with van der Waals surface area (Å²) in [5, 5.41) is 11.3. The van der Waals surface area contributed by atoms with Gasteiger partial charge in [-0.05, 0) is 50.9 Å². The summed E-state index contributed by atoms with van der Waals surface area (Å²) in [6.07, 6.45) is 2.83. The zero-order valence-electron chi connectivity index (χ0n) is 13.1. The van der Waals surface area contributed by atoms with Crippen molar-refractivity contribution in [3.8, 4) is 0 Å². The Morgan fingerprint density at radius 2 is 1.96 bits per heavy atom. The maximum Gasteiger partial charge on any atom is 0.289 e. The molecule has 23 heavy (non-hydrogen) atoms. The quantitative estimate of drug-likeness (QED) is 0.619. The third kappa shape index (κ3) is 3.11. The highest BCUT2D eigenvalue weighted by Crippen LogP contribution is 2.30. The van der Waals surface area contributed by atoms with Crippen LogP contribution >= 0.6 is 0 Å². The summed E-state index contributed by atoms with van der Waals surface area (Å²) in [6.45, 7) is 4.47. The van der Waals surface area contributed by atoms with Crippen LogP contribution in [0.2, 0.25) is 0 Å². The van der Waals surface area contributed by atoms with Crippen molar-refractivity contribution in [1.29, 1.82) is 0 Å². The number of benzene rings is 1. The van der Waals surface area contributed by atoms with Gasteiger partial charge in [0.2, 0.25) is 10.0 Å². The average Bonchev–Trinajstić information content (AvgIpc) is 2.83. The molecule has 2 saturated heterocycles. The number of nitrogens with zero attached hydrogens (tertiary/aromatic N) is 3. The van der Waals surface area contributed by atoms with Crippen LogP contribution in [0.3, 0.4) is 0 Å². The van der Waals surface area contributed by atoms with Crippen molar-refractivity contribution in [3.05, 3.63) is 33.9 Å². The fourth-order valence-corrected chi connectivity index (χ4v) is 5.17. The lowest BCUT2D eigenvalue weighted by atomic mass is 10.2. The molecule has 2 heterocycles. The smallest absolute Gasteiger partial charge is 0.289 e. The van der Waals surface area contributed by atoms with Crippen molar-refractivity contribution in [1.82, 2.24) is 9.21 Å². The Morgan fingerprint density at radius 3 is 2.70 bits per heavy atom. The van der Waals surface area contributed by atoms with E-state index >= 15 is 0 Å². The lowest BCUT2D eigenvalue weighted by Gasteiger charge is -2.25. The number of fused-ring (bicyclic) bond motifs is 1. The fourth-order valence-electron chi connectivity index (χ4n) is 3.52. The monoisotopic (exact) mass is 339 g/mol. The molecular weight excluding hydrogens is 318 g/mol. The highest BCUT2D eigenvalue weighted by Gasteiger charge is 2.37. The molecule has 8 heteroatoms. The Kier molecular flexibility index (Phi) is 4.39. The molecule has 0 N–H and O–H groups in total. The van der Waals surface area contributed by atoms with Gasteiger partial charge in [-0.1, -0.05) is 6.07 Å². The molecule has 2 aliphatic heterocycles. The number of sulfonamides is 1. The molecular formula is C15H21N3O4S. The first-order valence-corrected chi connectivity index (χ1v) is 9.33. The first-order chi connectivity index (χ1) is 10.9. The van der Waals surface area contributed by atoms with Crippen molar-refractivity contribution in [2.24, 2.45) is 0 Å². The Balaban J connectivity index is 1.96. The van der Waals surface area contributed by atoms with Crippen molar-refractivity contribution in [2.75, 3.05) is 26.2 Å². The maximum absolute atomic E-state index is 13.0. The molecule has 0 aromatic heterocycles. The van der Waals surface area contributed by atoms with Crippen LogP contribution in [0.25, 0.3) is 0 Å². The summed E-state index contributed by atoms with van der Waals surface area (Å²) in [4.78, 5) is 12.8. The van der Waals surface area contributed by atoms with Gasteiger partial charge in [-0.25, -0.2) is 8.42 Å². The number of nitro benzene ring substituents is 1. The first-order valence-electron chi connectivity index (χ1n) is 7.89. The average molecular weight is 339 g/mol. The third-order valence-corrected chi connectivity index (χ3v) is 6.61. The van der Waals surface area contributed by atoms with Crippen molar-refractivity contribution >= 4 is 15.7 Å². The van der Waals surface area contributed by atoms with Gasteiger partial charge < -0.3 is 0 Å². The molecule has 0 saturated carbocycles. The zero-order chi connectivity index (χ0) is 16.6. The van der Waals surface area contributed by atoms with Crippen LogP contribution in [0.5, 0.6) is 0 Å². The van der Waals surface area contributed by atoms with Crippen molar-refractivity contribution in [2.45, 2.75) is 37.1 Å². The second kappa shape index (κ2) is 6.18. The van der Waals surface area contributed by atoms with Gasteiger partial charge in [0.1, 0.15) is 0 Å². The van der Waals surface area contributed by atoms with Gasteiger partial charge in [0.15, 0.2) is 4.90 Å². The summed E-state index contributed by atoms with van der Waals surface area (Å²) in [6, 6.07) is 4.53. The number of hydrogen-bond acceptors (Lipinski definition) is 5. The van der Waals surface area contributed by atoms with Gasteiger partial charge >= 0.3 is 0 Å². The fraction of sp³-hybridized carbons (Fsp3) is 0.600. The topological polar surface area (TPSA) is 83.8 Å². The molecule has 7 nitrogen and oxygen atoms in total. The van der Waals surface area contributed by atoms with Gasteiger partial charge in [-0.3, -0.25) is 15.0 Å². The Labute approximate surface area is 136 Å². The summed E-state index contributed by atoms with van der Waals surface area (Å²) in [7, 11) is -3.85. The Hall–Kier alpha value is -1.51. The lowest BCUT2D eigenvalue weighted by molar-refractivity contribution is -0.387. The second-order valence-electron chi connectivity index (χ2n) is 6.28. The highest BCUT2D eigenvalue weighted by molar-refractivity contribution is 7.89. The predicted octanol–water partition coefficient (Wildman–Crippen LogP) is 1.76. The van der Waals surface area contributed by atoms with E-state index in [-0.39, 0.29) is 16.6 Å². The molecule has 0 amide bonds. The minimum atomic E-state index is -3.85. The highest BCUT2D eigenvalue weighted by atomic mass is 32.2. The summed E-state index contributed by atoms with van der Waals surface area (Å²) in [5.41, 5.74) is 0.339. The van der Waals surface area contributed by atoms with E-state index in [1.54, 1.807) is 13.0 Å². The molecule has 126 valence electrons. The minimum absolute atomic E-state index is 0.195. The van der Waals surface area contributed by atoms with Gasteiger partial charge in [0.25, 0.3) is 5.69 Å². The molecule has 0 spiro atoms. The number of nitro groups is 1. The van der Waals surface area contributed by atoms with E-state index in [0.29, 0.717) is 18.7 Å². The SMILES string of the molecule is Cc1ccc(S(=O)(=O)N2CCCN3CCC[C@H]3C2)c([N+](=O)[O-])c1. The number of aryl methyl sites for hydroxylation is 1. The summed E-state index contributed by atoms with van der Waals surface area (Å²) < 4.78 is 27.4. The normalized spacial score (nSPS) is 23.4. The van der Waals surface area contributed by atoms with Gasteiger partial charge in [0, 0.05) is 25.2 Å². The number of hydrogen-bond donors (Lipinski definition) is 0. The van der Waals surface area contributed by atoms with E-state index in [0.717, 1.165) is 32.4 Å². The molecule has 1 atom stereocenters. The Bertz CT molecular complexity index is 719. The van der Waals surface area contributed by atoms with E-state index < -0.39 is 14.9 Å². The van der Waals surface area contributed by atoms with Gasteiger partial charge in [-0.2, -0.15) is 4.31 Å². The van der Waals surface area contributed by atoms with E-state index in [1.165, 1.54) is 16.4 Å². The molecule has 0 radical (unpaired) electrons. The summed E-state index contributed by atoms with van der Waals surface area (Å²) in [5.74, 6) is 0. The third-order valence-electron chi connectivity index (χ3n) is 4.70.